The van der Waals surface area contributed by atoms with Gasteiger partial charge in [0.05, 0.1) is 4.88 Å². The topological polar surface area (TPSA) is 30.0 Å². The van der Waals surface area contributed by atoms with Gasteiger partial charge in [-0.2, -0.15) is 0 Å². The van der Waals surface area contributed by atoms with Gasteiger partial charge in [0.25, 0.3) is 0 Å². The molecule has 0 amide bonds. The van der Waals surface area contributed by atoms with E-state index in [1.807, 2.05) is 32.0 Å². The highest BCUT2D eigenvalue weighted by Gasteiger charge is 2.10. The Labute approximate surface area is 99.0 Å². The lowest BCUT2D eigenvalue weighted by molar-refractivity contribution is 0.0997. The van der Waals surface area contributed by atoms with Crippen molar-refractivity contribution in [3.05, 3.63) is 51.5 Å². The van der Waals surface area contributed by atoms with Crippen LogP contribution in [-0.4, -0.2) is 10.8 Å². The van der Waals surface area contributed by atoms with Crippen LogP contribution in [0.2, 0.25) is 0 Å². The predicted molar refractivity (Wildman–Crippen MR) is 66.1 cm³/mol. The molecule has 2 nitrogen and oxygen atoms in total. The van der Waals surface area contributed by atoms with E-state index in [1.54, 1.807) is 23.7 Å². The molecule has 82 valence electrons. The van der Waals surface area contributed by atoms with E-state index in [9.17, 15) is 4.79 Å². The van der Waals surface area contributed by atoms with Crippen LogP contribution in [0.5, 0.6) is 0 Å². The van der Waals surface area contributed by atoms with E-state index in [1.165, 1.54) is 10.4 Å². The first-order valence-corrected chi connectivity index (χ1v) is 5.97. The van der Waals surface area contributed by atoms with E-state index in [0.717, 1.165) is 10.4 Å². The molecule has 2 aromatic rings. The number of pyridine rings is 1. The van der Waals surface area contributed by atoms with Crippen LogP contribution in [0.4, 0.5) is 0 Å². The molecule has 0 aliphatic heterocycles. The third-order valence-electron chi connectivity index (χ3n) is 2.55. The number of aromatic nitrogens is 1. The number of Topliss-reactive ketones (excluding diaryl/α,β-unsaturated/α-hetero) is 1. The maximum absolute atomic E-state index is 12.0. The quantitative estimate of drug-likeness (QED) is 0.759. The molecule has 2 heterocycles. The van der Waals surface area contributed by atoms with E-state index in [2.05, 4.69) is 4.98 Å². The van der Waals surface area contributed by atoms with E-state index in [-0.39, 0.29) is 5.78 Å². The van der Waals surface area contributed by atoms with Crippen molar-refractivity contribution in [1.82, 2.24) is 4.98 Å². The molecule has 0 saturated heterocycles. The molecule has 0 unspecified atom stereocenters. The highest BCUT2D eigenvalue weighted by atomic mass is 32.1. The molecule has 16 heavy (non-hydrogen) atoms. The van der Waals surface area contributed by atoms with Gasteiger partial charge in [0.1, 0.15) is 0 Å². The van der Waals surface area contributed by atoms with E-state index in [4.69, 9.17) is 0 Å². The summed E-state index contributed by atoms with van der Waals surface area (Å²) in [6.07, 6.45) is 3.89. The lowest BCUT2D eigenvalue weighted by Crippen LogP contribution is -2.00. The zero-order valence-corrected chi connectivity index (χ0v) is 10.2. The second-order valence-corrected chi connectivity index (χ2v) is 5.06. The first-order valence-electron chi connectivity index (χ1n) is 5.16. The zero-order valence-electron chi connectivity index (χ0n) is 9.36. The van der Waals surface area contributed by atoms with Crippen LogP contribution in [0, 0.1) is 13.8 Å². The summed E-state index contributed by atoms with van der Waals surface area (Å²) in [4.78, 5) is 18.0. The van der Waals surface area contributed by atoms with Crippen molar-refractivity contribution in [2.45, 2.75) is 20.3 Å². The summed E-state index contributed by atoms with van der Waals surface area (Å²) in [7, 11) is 0. The lowest BCUT2D eigenvalue weighted by atomic mass is 10.1. The highest BCUT2D eigenvalue weighted by molar-refractivity contribution is 7.14. The van der Waals surface area contributed by atoms with Gasteiger partial charge in [-0.15, -0.1) is 11.3 Å². The second kappa shape index (κ2) is 4.58. The number of carbonyl (C=O) groups is 1. The van der Waals surface area contributed by atoms with Crippen molar-refractivity contribution in [1.29, 1.82) is 0 Å². The van der Waals surface area contributed by atoms with Crippen LogP contribution in [0.25, 0.3) is 0 Å². The van der Waals surface area contributed by atoms with Gasteiger partial charge in [-0.05, 0) is 43.2 Å². The van der Waals surface area contributed by atoms with Crippen LogP contribution >= 0.6 is 11.3 Å². The summed E-state index contributed by atoms with van der Waals surface area (Å²) in [5.74, 6) is 0.187. The van der Waals surface area contributed by atoms with E-state index in [0.29, 0.717) is 6.42 Å². The van der Waals surface area contributed by atoms with Gasteiger partial charge in [0, 0.05) is 23.7 Å². The Hall–Kier alpha value is -1.48. The second-order valence-electron chi connectivity index (χ2n) is 3.81. The Morgan fingerprint density at radius 2 is 2.00 bits per heavy atom. The monoisotopic (exact) mass is 231 g/mol. The third kappa shape index (κ3) is 2.36. The summed E-state index contributed by atoms with van der Waals surface area (Å²) in [6.45, 7) is 4.08. The number of rotatable bonds is 3. The van der Waals surface area contributed by atoms with Crippen LogP contribution in [0.15, 0.2) is 30.6 Å². The summed E-state index contributed by atoms with van der Waals surface area (Å²) >= 11 is 1.58. The smallest absolute Gasteiger partial charge is 0.177 e. The van der Waals surface area contributed by atoms with Crippen LogP contribution in [-0.2, 0) is 6.42 Å². The molecule has 2 rings (SSSR count). The van der Waals surface area contributed by atoms with Crippen molar-refractivity contribution in [3.8, 4) is 0 Å². The Bertz CT molecular complexity index is 482. The average Bonchev–Trinajstić information content (AvgIpc) is 2.61. The molecule has 0 spiro atoms. The average molecular weight is 231 g/mol. The van der Waals surface area contributed by atoms with Crippen LogP contribution in [0.3, 0.4) is 0 Å². The molecule has 0 N–H and O–H groups in total. The Morgan fingerprint density at radius 3 is 2.56 bits per heavy atom. The van der Waals surface area contributed by atoms with Gasteiger partial charge >= 0.3 is 0 Å². The first kappa shape index (κ1) is 11.0. The number of thiophene rings is 1. The van der Waals surface area contributed by atoms with Crippen LogP contribution < -0.4 is 0 Å². The fraction of sp³-hybridized carbons (Fsp3) is 0.231. The third-order valence-corrected chi connectivity index (χ3v) is 3.75. The van der Waals surface area contributed by atoms with Crippen molar-refractivity contribution >= 4 is 17.1 Å². The highest BCUT2D eigenvalue weighted by Crippen LogP contribution is 2.22. The van der Waals surface area contributed by atoms with Crippen molar-refractivity contribution < 1.29 is 4.79 Å². The largest absolute Gasteiger partial charge is 0.293 e. The summed E-state index contributed by atoms with van der Waals surface area (Å²) in [6, 6.07) is 5.74. The zero-order chi connectivity index (χ0) is 11.5. The molecule has 2 aromatic heterocycles. The molecular formula is C13H13NOS. The molecule has 0 aromatic carbocycles. The minimum Gasteiger partial charge on any atom is -0.293 e. The minimum absolute atomic E-state index is 0.187. The molecule has 0 aliphatic rings. The Balaban J connectivity index is 2.15. The number of aryl methyl sites for hydroxylation is 2. The number of hydrogen-bond donors (Lipinski definition) is 0. The molecule has 0 bridgehead atoms. The van der Waals surface area contributed by atoms with E-state index >= 15 is 0 Å². The fourth-order valence-electron chi connectivity index (χ4n) is 1.48. The fourth-order valence-corrected chi connectivity index (χ4v) is 2.46. The number of carbonyl (C=O) groups excluding carboxylic acids is 1. The maximum atomic E-state index is 12.0. The number of hydrogen-bond acceptors (Lipinski definition) is 3. The van der Waals surface area contributed by atoms with Crippen molar-refractivity contribution in [3.63, 3.8) is 0 Å². The minimum atomic E-state index is 0.187. The lowest BCUT2D eigenvalue weighted by Gasteiger charge is -1.97. The SMILES string of the molecule is Cc1cc(C(=O)Cc2ccncc2)sc1C. The van der Waals surface area contributed by atoms with Crippen molar-refractivity contribution in [2.24, 2.45) is 0 Å². The maximum Gasteiger partial charge on any atom is 0.177 e. The van der Waals surface area contributed by atoms with Gasteiger partial charge in [-0.3, -0.25) is 9.78 Å². The van der Waals surface area contributed by atoms with Gasteiger partial charge < -0.3 is 0 Å². The molecule has 0 saturated carbocycles. The summed E-state index contributed by atoms with van der Waals surface area (Å²) < 4.78 is 0. The van der Waals surface area contributed by atoms with Gasteiger partial charge in [-0.1, -0.05) is 0 Å². The number of nitrogens with zero attached hydrogens (tertiary/aromatic N) is 1. The molecular weight excluding hydrogens is 218 g/mol. The molecule has 3 heteroatoms. The molecule has 0 radical (unpaired) electrons. The molecule has 0 atom stereocenters. The molecule has 0 aliphatic carbocycles. The number of ketones is 1. The van der Waals surface area contributed by atoms with Crippen LogP contribution in [0.1, 0.15) is 25.7 Å². The van der Waals surface area contributed by atoms with Gasteiger partial charge in [-0.25, -0.2) is 0 Å². The standard InChI is InChI=1S/C13H13NOS/c1-9-7-13(16-10(9)2)12(15)8-11-3-5-14-6-4-11/h3-7H,8H2,1-2H3. The van der Waals surface area contributed by atoms with Crippen molar-refractivity contribution in [2.75, 3.05) is 0 Å². The van der Waals surface area contributed by atoms with E-state index < -0.39 is 0 Å². The van der Waals surface area contributed by atoms with Gasteiger partial charge in [0.2, 0.25) is 0 Å². The Kier molecular flexibility index (Phi) is 3.15. The predicted octanol–water partition coefficient (Wildman–Crippen LogP) is 3.19. The normalized spacial score (nSPS) is 10.4. The van der Waals surface area contributed by atoms with Gasteiger partial charge in [0.15, 0.2) is 5.78 Å². The molecule has 0 fully saturated rings. The summed E-state index contributed by atoms with van der Waals surface area (Å²) in [5.41, 5.74) is 2.21. The summed E-state index contributed by atoms with van der Waals surface area (Å²) in [5, 5.41) is 0. The Morgan fingerprint density at radius 1 is 1.31 bits per heavy atom. The first-order chi connectivity index (χ1) is 7.66.